The summed E-state index contributed by atoms with van der Waals surface area (Å²) in [5.41, 5.74) is 13.4. The summed E-state index contributed by atoms with van der Waals surface area (Å²) < 4.78 is 14.9. The van der Waals surface area contributed by atoms with Gasteiger partial charge >= 0.3 is 5.84 Å². The molecule has 0 spiro atoms. The molecular formula is C79H43N9O3S. The van der Waals surface area contributed by atoms with E-state index in [-0.39, 0.29) is 17.0 Å². The third kappa shape index (κ3) is 7.24. The van der Waals surface area contributed by atoms with E-state index in [0.29, 0.717) is 49.9 Å². The zero-order valence-corrected chi connectivity index (χ0v) is 49.3. The first-order valence-corrected chi connectivity index (χ1v) is 31.2. The Balaban J connectivity index is 0.728. The van der Waals surface area contributed by atoms with Crippen molar-refractivity contribution in [1.82, 2.24) is 42.9 Å². The van der Waals surface area contributed by atoms with E-state index in [2.05, 4.69) is 155 Å². The standard InChI is InChI=1S/C79H43N9O3S/c89-75-57-25-12-14-29-69(57)91-78-80-62-43-67-61(42-68(62)87(75)78)60-40-48(34-37-64(60)85(67)49-35-36-55-53-22-8-7-20-51(53)52-21-9-10-23-54(52)59(55)41-49)44-30-32-45(33-31-44)50-26-15-27-58-72(50)92-79-81-71-66(88(79)76(58)90)39-38-65-70(71)56-24-11-13-28-63(56)86(65)77-83-73(46-16-3-1-4-17-46)82-74(84-77)47-18-5-2-6-19-47/h1-43H. The summed E-state index contributed by atoms with van der Waals surface area (Å²) in [4.78, 5) is 55.6. The Labute approximate surface area is 523 Å². The van der Waals surface area contributed by atoms with E-state index in [9.17, 15) is 4.79 Å². The number of nitrogens with zero attached hydrogens (tertiary/aromatic N) is 9. The molecule has 0 amide bonds. The van der Waals surface area contributed by atoms with Crippen LogP contribution in [0.25, 0.3) is 187 Å². The maximum absolute atomic E-state index is 15.1. The van der Waals surface area contributed by atoms with Gasteiger partial charge in [0.25, 0.3) is 11.1 Å². The van der Waals surface area contributed by atoms with Gasteiger partial charge in [-0.05, 0) is 127 Å². The number of fused-ring (bicyclic) bond motifs is 21. The highest BCUT2D eigenvalue weighted by atomic mass is 32.1. The molecule has 0 N–H and O–H groups in total. The monoisotopic (exact) mass is 1200 g/mol. The second-order valence-corrected chi connectivity index (χ2v) is 24.4. The van der Waals surface area contributed by atoms with Gasteiger partial charge in [0.1, 0.15) is 11.1 Å². The van der Waals surface area contributed by atoms with E-state index in [1.807, 2.05) is 103 Å². The normalized spacial score (nSPS) is 12.2. The first-order valence-electron chi connectivity index (χ1n) is 30.4. The van der Waals surface area contributed by atoms with Crippen molar-refractivity contribution in [3.05, 3.63) is 282 Å². The number of benzene rings is 13. The quantitative estimate of drug-likeness (QED) is 0.150. The summed E-state index contributed by atoms with van der Waals surface area (Å²) in [7, 11) is 0. The molecule has 20 aromatic rings. The highest BCUT2D eigenvalue weighted by Gasteiger charge is 2.25. The highest BCUT2D eigenvalue weighted by Crippen LogP contribution is 2.43. The number of aromatic nitrogens is 9. The summed E-state index contributed by atoms with van der Waals surface area (Å²) in [5, 5.41) is 12.1. The van der Waals surface area contributed by atoms with Gasteiger partial charge in [-0.3, -0.25) is 14.2 Å². The molecule has 0 radical (unpaired) electrons. The van der Waals surface area contributed by atoms with Crippen LogP contribution in [0.4, 0.5) is 0 Å². The van der Waals surface area contributed by atoms with Crippen LogP contribution in [0.2, 0.25) is 0 Å². The predicted molar refractivity (Wildman–Crippen MR) is 373 cm³/mol. The Hall–Kier alpha value is -12.5. The molecule has 13 aromatic carbocycles. The van der Waals surface area contributed by atoms with Crippen molar-refractivity contribution in [3.63, 3.8) is 0 Å². The van der Waals surface area contributed by atoms with Crippen LogP contribution in [-0.4, -0.2) is 42.9 Å². The summed E-state index contributed by atoms with van der Waals surface area (Å²) in [6.45, 7) is 0. The molecule has 428 valence electrons. The molecule has 7 aromatic heterocycles. The van der Waals surface area contributed by atoms with E-state index in [0.717, 1.165) is 104 Å². The second-order valence-electron chi connectivity index (χ2n) is 23.5. The number of hydrogen-bond acceptors (Lipinski definition) is 9. The van der Waals surface area contributed by atoms with Crippen LogP contribution in [0.1, 0.15) is 0 Å². The van der Waals surface area contributed by atoms with Crippen LogP contribution in [0.5, 0.6) is 0 Å². The Morgan fingerprint density at radius 3 is 1.65 bits per heavy atom. The Morgan fingerprint density at radius 1 is 0.337 bits per heavy atom. The van der Waals surface area contributed by atoms with Crippen LogP contribution < -0.4 is 11.1 Å². The van der Waals surface area contributed by atoms with E-state index in [1.165, 1.54) is 38.3 Å². The zero-order valence-electron chi connectivity index (χ0n) is 48.5. The lowest BCUT2D eigenvalue weighted by Crippen LogP contribution is -2.12. The second kappa shape index (κ2) is 19.0. The fourth-order valence-corrected chi connectivity index (χ4v) is 15.5. The van der Waals surface area contributed by atoms with Crippen LogP contribution in [0.3, 0.4) is 0 Å². The molecule has 0 aliphatic rings. The van der Waals surface area contributed by atoms with Crippen molar-refractivity contribution in [2.24, 2.45) is 0 Å². The Morgan fingerprint density at radius 2 is 0.913 bits per heavy atom. The van der Waals surface area contributed by atoms with Gasteiger partial charge in [0, 0.05) is 38.4 Å². The van der Waals surface area contributed by atoms with Gasteiger partial charge in [-0.1, -0.05) is 199 Å². The third-order valence-electron chi connectivity index (χ3n) is 18.5. The lowest BCUT2D eigenvalue weighted by atomic mass is 9.94. The van der Waals surface area contributed by atoms with E-state index < -0.39 is 0 Å². The van der Waals surface area contributed by atoms with Crippen LogP contribution in [-0.2, 0) is 0 Å². The van der Waals surface area contributed by atoms with Gasteiger partial charge in [0.05, 0.1) is 54.1 Å². The Bertz CT molecular complexity index is 6650. The fourth-order valence-electron chi connectivity index (χ4n) is 14.3. The Kier molecular flexibility index (Phi) is 10.5. The lowest BCUT2D eigenvalue weighted by molar-refractivity contribution is 0.616. The lowest BCUT2D eigenvalue weighted by Gasteiger charge is -2.14. The van der Waals surface area contributed by atoms with Gasteiger partial charge in [-0.2, -0.15) is 15.0 Å². The molecule has 12 nitrogen and oxygen atoms in total. The van der Waals surface area contributed by atoms with Gasteiger partial charge < -0.3 is 8.98 Å². The number of rotatable bonds is 6. The molecule has 13 heteroatoms. The molecule has 0 atom stereocenters. The molecule has 0 saturated heterocycles. The van der Waals surface area contributed by atoms with Crippen molar-refractivity contribution in [2.75, 3.05) is 0 Å². The molecule has 0 aliphatic carbocycles. The first-order chi connectivity index (χ1) is 45.4. The largest absolute Gasteiger partial charge is 0.424 e. The molecule has 0 unspecified atom stereocenters. The van der Waals surface area contributed by atoms with Crippen LogP contribution in [0.15, 0.2) is 275 Å². The topological polar surface area (TPSA) is 130 Å². The molecule has 7 heterocycles. The average Bonchev–Trinajstić information content (AvgIpc) is 1.59. The molecular weight excluding hydrogens is 1150 g/mol. The summed E-state index contributed by atoms with van der Waals surface area (Å²) >= 11 is 1.51. The maximum atomic E-state index is 15.1. The van der Waals surface area contributed by atoms with Gasteiger partial charge in [0.2, 0.25) is 5.95 Å². The smallest absolute Gasteiger partial charge is 0.310 e. The highest BCUT2D eigenvalue weighted by molar-refractivity contribution is 7.23. The third-order valence-corrected chi connectivity index (χ3v) is 19.6. The van der Waals surface area contributed by atoms with E-state index >= 15 is 4.79 Å². The number of imidazole rings is 2. The molecule has 0 bridgehead atoms. The van der Waals surface area contributed by atoms with Gasteiger partial charge in [-0.25, -0.2) is 18.8 Å². The number of para-hydroxylation sites is 2. The van der Waals surface area contributed by atoms with Crippen molar-refractivity contribution in [2.45, 2.75) is 0 Å². The predicted octanol–water partition coefficient (Wildman–Crippen LogP) is 18.5. The SMILES string of the molecule is O=c1c2ccccc2oc2nc3cc4c(cc3n12)c1cc(-c2ccc(-c3cccc5c(=O)n6c(nc7c8c9ccccc9n(-c9nc(-c%10ccccc%10)nc(-c%10ccccc%10)n9)c8ccc76)sc35)cc2)ccc1n4-c1ccc2c3ccccc3c3ccccc3c2c1. The number of hydrogen-bond donors (Lipinski definition) is 0. The minimum Gasteiger partial charge on any atom is -0.424 e. The van der Waals surface area contributed by atoms with Gasteiger partial charge in [-0.15, -0.1) is 0 Å². The first kappa shape index (κ1) is 50.5. The van der Waals surface area contributed by atoms with Crippen LogP contribution >= 0.6 is 11.3 Å². The average molecular weight is 1200 g/mol. The van der Waals surface area contributed by atoms with Crippen molar-refractivity contribution in [1.29, 1.82) is 0 Å². The van der Waals surface area contributed by atoms with Crippen molar-refractivity contribution in [3.8, 4) is 56.7 Å². The molecule has 0 aliphatic heterocycles. The maximum Gasteiger partial charge on any atom is 0.310 e. The van der Waals surface area contributed by atoms with Crippen molar-refractivity contribution >= 4 is 141 Å². The summed E-state index contributed by atoms with van der Waals surface area (Å²) in [6, 6.07) is 89.0. The summed E-state index contributed by atoms with van der Waals surface area (Å²) in [5.74, 6) is 1.84. The molecule has 0 fully saturated rings. The molecule has 92 heavy (non-hydrogen) atoms. The fraction of sp³-hybridized carbons (Fsp3) is 0. The molecule has 20 rings (SSSR count). The minimum absolute atomic E-state index is 0.135. The van der Waals surface area contributed by atoms with Crippen LogP contribution in [0, 0.1) is 0 Å². The van der Waals surface area contributed by atoms with Gasteiger partial charge in [0.15, 0.2) is 16.6 Å². The molecule has 0 saturated carbocycles. The van der Waals surface area contributed by atoms with E-state index in [1.54, 1.807) is 20.9 Å². The zero-order chi connectivity index (χ0) is 60.4. The summed E-state index contributed by atoms with van der Waals surface area (Å²) in [6.07, 6.45) is 0. The van der Waals surface area contributed by atoms with E-state index in [4.69, 9.17) is 29.3 Å². The van der Waals surface area contributed by atoms with Crippen molar-refractivity contribution < 1.29 is 4.42 Å². The minimum atomic E-state index is -0.182.